The molecule has 0 fully saturated rings. The predicted molar refractivity (Wildman–Crippen MR) is 69.0 cm³/mol. The highest BCUT2D eigenvalue weighted by Gasteiger charge is 2.05. The van der Waals surface area contributed by atoms with Gasteiger partial charge < -0.3 is 9.47 Å². The fourth-order valence-corrected chi connectivity index (χ4v) is 1.84. The number of aromatic nitrogens is 2. The van der Waals surface area contributed by atoms with E-state index in [0.29, 0.717) is 24.7 Å². The van der Waals surface area contributed by atoms with Crippen molar-refractivity contribution in [1.29, 1.82) is 0 Å². The van der Waals surface area contributed by atoms with E-state index in [1.807, 2.05) is 6.07 Å². The fraction of sp³-hybridized carbons (Fsp3) is 0.385. The molecule has 18 heavy (non-hydrogen) atoms. The summed E-state index contributed by atoms with van der Waals surface area (Å²) < 4.78 is 11.7. The minimum absolute atomic E-state index is 0.0562. The zero-order valence-corrected chi connectivity index (χ0v) is 10.5. The van der Waals surface area contributed by atoms with Crippen molar-refractivity contribution in [3.63, 3.8) is 0 Å². The Morgan fingerprint density at radius 2 is 2.00 bits per heavy atom. The zero-order chi connectivity index (χ0) is 13.0. The number of pyridine rings is 2. The van der Waals surface area contributed by atoms with Crippen molar-refractivity contribution < 1.29 is 9.47 Å². The van der Waals surface area contributed by atoms with Gasteiger partial charge in [-0.25, -0.2) is 0 Å². The number of nitrogens with zero attached hydrogens (tertiary/aromatic N) is 2. The summed E-state index contributed by atoms with van der Waals surface area (Å²) in [6.45, 7) is 1.21. The molecule has 2 aromatic rings. The second-order valence-corrected chi connectivity index (χ2v) is 3.94. The van der Waals surface area contributed by atoms with E-state index in [4.69, 9.17) is 9.47 Å². The van der Waals surface area contributed by atoms with Gasteiger partial charge in [-0.1, -0.05) is 0 Å². The van der Waals surface area contributed by atoms with Crippen LogP contribution in [0.15, 0.2) is 29.1 Å². The van der Waals surface area contributed by atoms with Gasteiger partial charge in [0.15, 0.2) is 0 Å². The van der Waals surface area contributed by atoms with Crippen LogP contribution in [0.4, 0.5) is 0 Å². The number of hydrogen-bond donors (Lipinski definition) is 0. The first-order chi connectivity index (χ1) is 8.76. The molecule has 0 atom stereocenters. The van der Waals surface area contributed by atoms with Gasteiger partial charge in [-0.15, -0.1) is 0 Å². The van der Waals surface area contributed by atoms with E-state index in [9.17, 15) is 4.79 Å². The van der Waals surface area contributed by atoms with Crippen LogP contribution >= 0.6 is 0 Å². The molecule has 2 heterocycles. The van der Waals surface area contributed by atoms with E-state index in [-0.39, 0.29) is 5.56 Å². The monoisotopic (exact) mass is 248 g/mol. The molecule has 5 nitrogen and oxygen atoms in total. The summed E-state index contributed by atoms with van der Waals surface area (Å²) in [5, 5.41) is 0.924. The number of methoxy groups -OCH3 is 2. The lowest BCUT2D eigenvalue weighted by Crippen LogP contribution is -2.20. The summed E-state index contributed by atoms with van der Waals surface area (Å²) in [4.78, 5) is 16.2. The number of fused-ring (bicyclic) bond motifs is 1. The van der Waals surface area contributed by atoms with Gasteiger partial charge in [0.05, 0.1) is 7.11 Å². The van der Waals surface area contributed by atoms with Crippen molar-refractivity contribution in [2.24, 2.45) is 0 Å². The van der Waals surface area contributed by atoms with Gasteiger partial charge in [0.1, 0.15) is 5.65 Å². The summed E-state index contributed by atoms with van der Waals surface area (Å²) in [7, 11) is 3.21. The molecule has 0 aliphatic rings. The van der Waals surface area contributed by atoms with Crippen molar-refractivity contribution in [2.75, 3.05) is 20.8 Å². The van der Waals surface area contributed by atoms with E-state index in [0.717, 1.165) is 11.8 Å². The van der Waals surface area contributed by atoms with Crippen LogP contribution in [0, 0.1) is 0 Å². The molecule has 0 radical (unpaired) electrons. The Balaban J connectivity index is 2.47. The number of hydrogen-bond acceptors (Lipinski definition) is 4. The van der Waals surface area contributed by atoms with Gasteiger partial charge in [0.25, 0.3) is 5.56 Å². The van der Waals surface area contributed by atoms with Crippen molar-refractivity contribution in [1.82, 2.24) is 9.55 Å². The Bertz CT molecular complexity index is 592. The van der Waals surface area contributed by atoms with Gasteiger partial charge >= 0.3 is 0 Å². The average Bonchev–Trinajstić information content (AvgIpc) is 2.41. The van der Waals surface area contributed by atoms with Crippen LogP contribution in [-0.4, -0.2) is 30.4 Å². The molecule has 2 aromatic heterocycles. The maximum atomic E-state index is 11.9. The normalized spacial score (nSPS) is 10.8. The number of aryl methyl sites for hydroxylation is 1. The molecule has 0 aromatic carbocycles. The molecule has 0 saturated carbocycles. The molecule has 96 valence electrons. The second kappa shape index (κ2) is 5.64. The Kier molecular flexibility index (Phi) is 3.94. The molecule has 0 unspecified atom stereocenters. The molecule has 0 saturated heterocycles. The quantitative estimate of drug-likeness (QED) is 0.751. The van der Waals surface area contributed by atoms with E-state index in [1.165, 1.54) is 0 Å². The molecule has 0 aliphatic heterocycles. The van der Waals surface area contributed by atoms with Crippen LogP contribution in [0.2, 0.25) is 0 Å². The molecular formula is C13H16N2O3. The highest BCUT2D eigenvalue weighted by atomic mass is 16.5. The molecule has 0 amide bonds. The average molecular weight is 248 g/mol. The van der Waals surface area contributed by atoms with Gasteiger partial charge in [-0.2, -0.15) is 4.98 Å². The maximum Gasteiger partial charge on any atom is 0.252 e. The van der Waals surface area contributed by atoms with Crippen LogP contribution in [0.5, 0.6) is 5.88 Å². The van der Waals surface area contributed by atoms with Crippen molar-refractivity contribution in [3.8, 4) is 5.88 Å². The van der Waals surface area contributed by atoms with Crippen LogP contribution in [0.1, 0.15) is 6.42 Å². The first-order valence-corrected chi connectivity index (χ1v) is 5.80. The van der Waals surface area contributed by atoms with E-state index in [2.05, 4.69) is 4.98 Å². The standard InChI is InChI=1S/C13H16N2O3/c1-17-9-3-8-15-12(16)7-5-10-4-6-11(18-2)14-13(10)15/h4-7H,3,8-9H2,1-2H3. The Hall–Kier alpha value is -1.88. The maximum absolute atomic E-state index is 11.9. The molecule has 2 rings (SSSR count). The molecule has 0 N–H and O–H groups in total. The van der Waals surface area contributed by atoms with Crippen LogP contribution in [-0.2, 0) is 11.3 Å². The minimum atomic E-state index is -0.0562. The molecule has 0 spiro atoms. The SMILES string of the molecule is COCCCn1c(=O)ccc2ccc(OC)nc21. The lowest BCUT2D eigenvalue weighted by molar-refractivity contribution is 0.190. The van der Waals surface area contributed by atoms with Crippen LogP contribution in [0.25, 0.3) is 11.0 Å². The fourth-order valence-electron chi connectivity index (χ4n) is 1.84. The number of rotatable bonds is 5. The van der Waals surface area contributed by atoms with Gasteiger partial charge in [0.2, 0.25) is 5.88 Å². The zero-order valence-electron chi connectivity index (χ0n) is 10.5. The topological polar surface area (TPSA) is 53.4 Å². The molecule has 0 bridgehead atoms. The summed E-state index contributed by atoms with van der Waals surface area (Å²) in [6, 6.07) is 7.01. The van der Waals surface area contributed by atoms with Crippen LogP contribution < -0.4 is 10.3 Å². The third-order valence-corrected chi connectivity index (χ3v) is 2.75. The van der Waals surface area contributed by atoms with Gasteiger partial charge in [0, 0.05) is 37.8 Å². The van der Waals surface area contributed by atoms with Gasteiger partial charge in [-0.3, -0.25) is 9.36 Å². The summed E-state index contributed by atoms with van der Waals surface area (Å²) in [6.07, 6.45) is 0.772. The minimum Gasteiger partial charge on any atom is -0.481 e. The Morgan fingerprint density at radius 3 is 2.72 bits per heavy atom. The summed E-state index contributed by atoms with van der Waals surface area (Å²) in [5.74, 6) is 0.508. The first kappa shape index (κ1) is 12.6. The molecular weight excluding hydrogens is 232 g/mol. The Labute approximate surface area is 105 Å². The molecule has 5 heteroatoms. The number of ether oxygens (including phenoxy) is 2. The largest absolute Gasteiger partial charge is 0.481 e. The van der Waals surface area contributed by atoms with E-state index in [1.54, 1.807) is 37.0 Å². The second-order valence-electron chi connectivity index (χ2n) is 3.94. The smallest absolute Gasteiger partial charge is 0.252 e. The molecule has 0 aliphatic carbocycles. The van der Waals surface area contributed by atoms with E-state index < -0.39 is 0 Å². The first-order valence-electron chi connectivity index (χ1n) is 5.80. The highest BCUT2D eigenvalue weighted by molar-refractivity contribution is 5.75. The highest BCUT2D eigenvalue weighted by Crippen LogP contribution is 2.14. The third kappa shape index (κ3) is 2.51. The van der Waals surface area contributed by atoms with E-state index >= 15 is 0 Å². The lowest BCUT2D eigenvalue weighted by Gasteiger charge is -2.09. The predicted octanol–water partition coefficient (Wildman–Crippen LogP) is 1.44. The summed E-state index contributed by atoms with van der Waals surface area (Å²) >= 11 is 0. The Morgan fingerprint density at radius 1 is 1.22 bits per heavy atom. The van der Waals surface area contributed by atoms with Gasteiger partial charge in [-0.05, 0) is 18.6 Å². The van der Waals surface area contributed by atoms with Crippen LogP contribution in [0.3, 0.4) is 0 Å². The van der Waals surface area contributed by atoms with Crippen molar-refractivity contribution in [2.45, 2.75) is 13.0 Å². The summed E-state index contributed by atoms with van der Waals surface area (Å²) in [5.41, 5.74) is 0.595. The van der Waals surface area contributed by atoms with Crippen molar-refractivity contribution in [3.05, 3.63) is 34.6 Å². The third-order valence-electron chi connectivity index (χ3n) is 2.75. The van der Waals surface area contributed by atoms with Crippen molar-refractivity contribution >= 4 is 11.0 Å². The lowest BCUT2D eigenvalue weighted by atomic mass is 10.2.